The summed E-state index contributed by atoms with van der Waals surface area (Å²) in [6.45, 7) is 2.22. The number of nitrogen functional groups attached to an aromatic ring is 1. The number of thiophene rings is 1. The van der Waals surface area contributed by atoms with Gasteiger partial charge in [0.15, 0.2) is 0 Å². The Hall–Kier alpha value is -0.960. The summed E-state index contributed by atoms with van der Waals surface area (Å²) in [5, 5.41) is 2.55. The van der Waals surface area contributed by atoms with Crippen LogP contribution in [0.3, 0.4) is 0 Å². The lowest BCUT2D eigenvalue weighted by Gasteiger charge is -2.14. The Bertz CT molecular complexity index is 645. The zero-order valence-electron chi connectivity index (χ0n) is 9.95. The van der Waals surface area contributed by atoms with Crippen molar-refractivity contribution in [1.29, 1.82) is 0 Å². The summed E-state index contributed by atoms with van der Waals surface area (Å²) in [5.41, 5.74) is 6.02. The van der Waals surface area contributed by atoms with Crippen LogP contribution >= 0.6 is 22.7 Å². The lowest BCUT2D eigenvalue weighted by molar-refractivity contribution is 0.471. The first-order valence-electron chi connectivity index (χ1n) is 5.11. The largest absolute Gasteiger partial charge is 0.398 e. The fourth-order valence-electron chi connectivity index (χ4n) is 1.40. The molecule has 0 aromatic carbocycles. The summed E-state index contributed by atoms with van der Waals surface area (Å²) in [6.07, 6.45) is 1.70. The second-order valence-electron chi connectivity index (χ2n) is 3.81. The number of thiazole rings is 1. The van der Waals surface area contributed by atoms with Gasteiger partial charge in [0.25, 0.3) is 10.0 Å². The van der Waals surface area contributed by atoms with Crippen molar-refractivity contribution in [2.75, 3.05) is 12.8 Å². The Morgan fingerprint density at radius 3 is 2.72 bits per heavy atom. The van der Waals surface area contributed by atoms with E-state index in [4.69, 9.17) is 5.73 Å². The second-order valence-corrected chi connectivity index (χ2v) is 8.31. The summed E-state index contributed by atoms with van der Waals surface area (Å²) in [5.74, 6) is 0. The molecule has 2 aromatic heterocycles. The van der Waals surface area contributed by atoms with Gasteiger partial charge >= 0.3 is 0 Å². The molecule has 0 saturated heterocycles. The first kappa shape index (κ1) is 13.5. The molecule has 0 aliphatic heterocycles. The van der Waals surface area contributed by atoms with Gasteiger partial charge in [-0.15, -0.1) is 22.7 Å². The quantitative estimate of drug-likeness (QED) is 0.936. The Balaban J connectivity index is 2.20. The third-order valence-corrected chi connectivity index (χ3v) is 6.44. The zero-order valence-corrected chi connectivity index (χ0v) is 12.4. The van der Waals surface area contributed by atoms with Crippen molar-refractivity contribution in [2.24, 2.45) is 0 Å². The molecule has 0 bridgehead atoms. The van der Waals surface area contributed by atoms with Crippen LogP contribution in [0, 0.1) is 6.92 Å². The van der Waals surface area contributed by atoms with Crippen LogP contribution in [0.4, 0.5) is 5.69 Å². The maximum Gasteiger partial charge on any atom is 0.252 e. The highest BCUT2D eigenvalue weighted by atomic mass is 32.2. The molecule has 2 aromatic rings. The molecule has 18 heavy (non-hydrogen) atoms. The molecule has 8 heteroatoms. The topological polar surface area (TPSA) is 76.3 Å². The van der Waals surface area contributed by atoms with Gasteiger partial charge in [0, 0.05) is 35.7 Å². The van der Waals surface area contributed by atoms with E-state index in [-0.39, 0.29) is 4.21 Å². The van der Waals surface area contributed by atoms with Gasteiger partial charge in [-0.1, -0.05) is 0 Å². The minimum Gasteiger partial charge on any atom is -0.398 e. The Morgan fingerprint density at radius 2 is 2.22 bits per heavy atom. The van der Waals surface area contributed by atoms with E-state index in [0.29, 0.717) is 12.2 Å². The third-order valence-electron chi connectivity index (χ3n) is 2.31. The molecular weight excluding hydrogens is 290 g/mol. The van der Waals surface area contributed by atoms with E-state index >= 15 is 0 Å². The normalized spacial score (nSPS) is 12.2. The molecule has 0 saturated carbocycles. The van der Waals surface area contributed by atoms with Gasteiger partial charge in [0.05, 0.1) is 5.01 Å². The molecule has 2 N–H and O–H groups in total. The molecular formula is C10H13N3O2S3. The summed E-state index contributed by atoms with van der Waals surface area (Å²) in [7, 11) is -1.90. The molecule has 98 valence electrons. The number of hydrogen-bond acceptors (Lipinski definition) is 6. The number of nitrogens with zero attached hydrogens (tertiary/aromatic N) is 2. The lowest BCUT2D eigenvalue weighted by atomic mass is 10.5. The average Bonchev–Trinajstić information content (AvgIpc) is 2.88. The van der Waals surface area contributed by atoms with E-state index in [1.807, 2.05) is 6.92 Å². The molecule has 2 rings (SSSR count). The molecule has 0 spiro atoms. The van der Waals surface area contributed by atoms with Gasteiger partial charge < -0.3 is 5.73 Å². The summed E-state index contributed by atoms with van der Waals surface area (Å²) in [6, 6.07) is 1.48. The lowest BCUT2D eigenvalue weighted by Crippen LogP contribution is -2.25. The average molecular weight is 303 g/mol. The number of anilines is 1. The van der Waals surface area contributed by atoms with Crippen LogP contribution in [0.1, 0.15) is 9.88 Å². The SMILES string of the molecule is Cc1ncc(CN(C)S(=O)(=O)c2cc(N)cs2)s1. The van der Waals surface area contributed by atoms with E-state index in [0.717, 1.165) is 21.2 Å². The smallest absolute Gasteiger partial charge is 0.252 e. The number of hydrogen-bond donors (Lipinski definition) is 1. The van der Waals surface area contributed by atoms with Crippen LogP contribution < -0.4 is 5.73 Å². The van der Waals surface area contributed by atoms with Gasteiger partial charge in [-0.25, -0.2) is 13.4 Å². The molecule has 0 amide bonds. The van der Waals surface area contributed by atoms with Crippen molar-refractivity contribution in [3.8, 4) is 0 Å². The van der Waals surface area contributed by atoms with Gasteiger partial charge in [0.1, 0.15) is 4.21 Å². The highest BCUT2D eigenvalue weighted by Crippen LogP contribution is 2.26. The van der Waals surface area contributed by atoms with Crippen LogP contribution in [0.15, 0.2) is 21.9 Å². The number of aryl methyl sites for hydroxylation is 1. The molecule has 0 atom stereocenters. The van der Waals surface area contributed by atoms with Crippen LogP contribution in [0.2, 0.25) is 0 Å². The van der Waals surface area contributed by atoms with Crippen LogP contribution in [0.5, 0.6) is 0 Å². The van der Waals surface area contributed by atoms with Gasteiger partial charge in [-0.05, 0) is 13.0 Å². The number of sulfonamides is 1. The maximum atomic E-state index is 12.2. The number of rotatable bonds is 4. The summed E-state index contributed by atoms with van der Waals surface area (Å²) < 4.78 is 26.0. The maximum absolute atomic E-state index is 12.2. The minimum atomic E-state index is -3.46. The third kappa shape index (κ3) is 2.72. The highest BCUT2D eigenvalue weighted by Gasteiger charge is 2.23. The molecule has 0 aliphatic rings. The standard InChI is InChI=1S/C10H13N3O2S3/c1-7-12-4-9(17-7)5-13(2)18(14,15)10-3-8(11)6-16-10/h3-4,6H,5,11H2,1-2H3. The minimum absolute atomic E-state index is 0.267. The van der Waals surface area contributed by atoms with Crippen molar-refractivity contribution in [3.63, 3.8) is 0 Å². The van der Waals surface area contributed by atoms with Crippen LogP contribution in [-0.2, 0) is 16.6 Å². The van der Waals surface area contributed by atoms with E-state index in [1.54, 1.807) is 18.6 Å². The zero-order chi connectivity index (χ0) is 13.3. The predicted molar refractivity (Wildman–Crippen MR) is 74.2 cm³/mol. The van der Waals surface area contributed by atoms with Crippen LogP contribution in [-0.4, -0.2) is 24.8 Å². The molecule has 0 fully saturated rings. The Morgan fingerprint density at radius 1 is 1.50 bits per heavy atom. The fraction of sp³-hybridized carbons (Fsp3) is 0.300. The second kappa shape index (κ2) is 4.96. The summed E-state index contributed by atoms with van der Waals surface area (Å²) >= 11 is 2.63. The molecule has 5 nitrogen and oxygen atoms in total. The number of aromatic nitrogens is 1. The van der Waals surface area contributed by atoms with Crippen LogP contribution in [0.25, 0.3) is 0 Å². The van der Waals surface area contributed by atoms with Crippen molar-refractivity contribution in [1.82, 2.24) is 9.29 Å². The number of nitrogens with two attached hydrogens (primary N) is 1. The molecule has 0 radical (unpaired) electrons. The first-order chi connectivity index (χ1) is 8.39. The van der Waals surface area contributed by atoms with Gasteiger partial charge in [-0.3, -0.25) is 0 Å². The van der Waals surface area contributed by atoms with Gasteiger partial charge in [-0.2, -0.15) is 4.31 Å². The van der Waals surface area contributed by atoms with Crippen molar-refractivity contribution in [3.05, 3.63) is 27.5 Å². The first-order valence-corrected chi connectivity index (χ1v) is 8.25. The molecule has 0 aliphatic carbocycles. The summed E-state index contributed by atoms with van der Waals surface area (Å²) in [4.78, 5) is 5.03. The highest BCUT2D eigenvalue weighted by molar-refractivity contribution is 7.91. The van der Waals surface area contributed by atoms with Gasteiger partial charge in [0.2, 0.25) is 0 Å². The molecule has 2 heterocycles. The van der Waals surface area contributed by atoms with E-state index in [9.17, 15) is 8.42 Å². The Kier molecular flexibility index (Phi) is 3.71. The van der Waals surface area contributed by atoms with E-state index in [2.05, 4.69) is 4.98 Å². The van der Waals surface area contributed by atoms with E-state index < -0.39 is 10.0 Å². The predicted octanol–water partition coefficient (Wildman–Crippen LogP) is 1.92. The van der Waals surface area contributed by atoms with Crippen molar-refractivity contribution in [2.45, 2.75) is 17.7 Å². The van der Waals surface area contributed by atoms with Crippen molar-refractivity contribution < 1.29 is 8.42 Å². The van der Waals surface area contributed by atoms with Crippen molar-refractivity contribution >= 4 is 38.4 Å². The Labute approximate surface area is 114 Å². The molecule has 0 unspecified atom stereocenters. The van der Waals surface area contributed by atoms with E-state index in [1.165, 1.54) is 21.7 Å². The fourth-order valence-corrected chi connectivity index (χ4v) is 4.77. The monoisotopic (exact) mass is 303 g/mol.